The number of hydrogen-bond acceptors (Lipinski definition) is 6. The molecule has 0 aliphatic carbocycles. The maximum Gasteiger partial charge on any atom is 0.262 e. The van der Waals surface area contributed by atoms with Gasteiger partial charge in [0.2, 0.25) is 0 Å². The topological polar surface area (TPSA) is 112 Å². The monoisotopic (exact) mass is 409 g/mol. The van der Waals surface area contributed by atoms with Gasteiger partial charge >= 0.3 is 0 Å². The third-order valence-electron chi connectivity index (χ3n) is 3.60. The number of hydrogen-bond donors (Lipinski definition) is 3. The van der Waals surface area contributed by atoms with Gasteiger partial charge in [0, 0.05) is 18.7 Å². The van der Waals surface area contributed by atoms with Crippen LogP contribution < -0.4 is 30.6 Å². The van der Waals surface area contributed by atoms with Crippen LogP contribution in [0.1, 0.15) is 10.4 Å². The molecule has 0 aliphatic rings. The summed E-state index contributed by atoms with van der Waals surface area (Å²) in [5.74, 6) is 0.630. The van der Waals surface area contributed by atoms with E-state index in [2.05, 4.69) is 10.6 Å². The molecule has 4 N–H and O–H groups in total. The molecule has 0 radical (unpaired) electrons. The molecule has 0 spiro atoms. The lowest BCUT2D eigenvalue weighted by atomic mass is 10.2. The number of methoxy groups -OCH3 is 2. The molecular formula is C19H24ClN3O5. The molecule has 2 rings (SSSR count). The van der Waals surface area contributed by atoms with Gasteiger partial charge in [-0.2, -0.15) is 0 Å². The van der Waals surface area contributed by atoms with Crippen molar-refractivity contribution in [2.75, 3.05) is 39.2 Å². The summed E-state index contributed by atoms with van der Waals surface area (Å²) < 4.78 is 16.0. The number of carbonyl (C=O) groups is 2. The number of nitrogens with two attached hydrogens (primary N) is 1. The van der Waals surface area contributed by atoms with Crippen LogP contribution >= 0.6 is 12.4 Å². The summed E-state index contributed by atoms with van der Waals surface area (Å²) in [6.07, 6.45) is 0. The molecular weight excluding hydrogens is 386 g/mol. The van der Waals surface area contributed by atoms with Gasteiger partial charge in [0.05, 0.1) is 19.9 Å². The summed E-state index contributed by atoms with van der Waals surface area (Å²) >= 11 is 0. The Kier molecular flexibility index (Phi) is 9.63. The molecule has 0 bridgehead atoms. The van der Waals surface area contributed by atoms with E-state index >= 15 is 0 Å². The molecule has 8 nitrogen and oxygen atoms in total. The number of para-hydroxylation sites is 2. The molecule has 2 aromatic rings. The van der Waals surface area contributed by atoms with Crippen LogP contribution in [0, 0.1) is 0 Å². The molecule has 0 saturated heterocycles. The maximum atomic E-state index is 12.1. The van der Waals surface area contributed by atoms with Gasteiger partial charge in [-0.3, -0.25) is 9.59 Å². The second kappa shape index (κ2) is 11.7. The van der Waals surface area contributed by atoms with E-state index in [4.69, 9.17) is 19.9 Å². The van der Waals surface area contributed by atoms with Crippen LogP contribution in [0.4, 0.5) is 5.69 Å². The van der Waals surface area contributed by atoms with Crippen LogP contribution in [0.15, 0.2) is 42.5 Å². The van der Waals surface area contributed by atoms with Crippen LogP contribution in [0.2, 0.25) is 0 Å². The Hall–Kier alpha value is -2.97. The standard InChI is InChI=1S/C19H23N3O5.ClH/c1-25-15-6-4-3-5-14(15)22-18(23)12-27-16-8-7-13(11-17(16)26-2)19(24)21-10-9-20;/h3-8,11H,9-10,12,20H2,1-2H3,(H,21,24)(H,22,23);1H. The Morgan fingerprint density at radius 2 is 1.71 bits per heavy atom. The molecule has 152 valence electrons. The van der Waals surface area contributed by atoms with E-state index in [1.807, 2.05) is 0 Å². The van der Waals surface area contributed by atoms with E-state index in [9.17, 15) is 9.59 Å². The van der Waals surface area contributed by atoms with Crippen LogP contribution in [0.5, 0.6) is 17.2 Å². The third-order valence-corrected chi connectivity index (χ3v) is 3.60. The molecule has 28 heavy (non-hydrogen) atoms. The Balaban J connectivity index is 0.00000392. The molecule has 0 atom stereocenters. The van der Waals surface area contributed by atoms with Crippen molar-refractivity contribution in [3.8, 4) is 17.2 Å². The fourth-order valence-corrected chi connectivity index (χ4v) is 2.29. The van der Waals surface area contributed by atoms with Crippen molar-refractivity contribution in [2.24, 2.45) is 5.73 Å². The van der Waals surface area contributed by atoms with Crippen molar-refractivity contribution in [3.63, 3.8) is 0 Å². The third kappa shape index (κ3) is 6.33. The van der Waals surface area contributed by atoms with Crippen LogP contribution in [-0.4, -0.2) is 45.7 Å². The summed E-state index contributed by atoms with van der Waals surface area (Å²) in [4.78, 5) is 24.1. The van der Waals surface area contributed by atoms with Gasteiger partial charge in [-0.25, -0.2) is 0 Å². The molecule has 0 saturated carbocycles. The van der Waals surface area contributed by atoms with Crippen molar-refractivity contribution in [2.45, 2.75) is 0 Å². The summed E-state index contributed by atoms with van der Waals surface area (Å²) in [7, 11) is 2.98. The van der Waals surface area contributed by atoms with Crippen molar-refractivity contribution in [1.29, 1.82) is 0 Å². The first-order valence-corrected chi connectivity index (χ1v) is 8.31. The van der Waals surface area contributed by atoms with Crippen molar-refractivity contribution < 1.29 is 23.8 Å². The predicted molar refractivity (Wildman–Crippen MR) is 109 cm³/mol. The highest BCUT2D eigenvalue weighted by Gasteiger charge is 2.13. The number of halogens is 1. The van der Waals surface area contributed by atoms with Gasteiger partial charge in [-0.05, 0) is 30.3 Å². The number of anilines is 1. The van der Waals surface area contributed by atoms with E-state index in [0.29, 0.717) is 41.6 Å². The predicted octanol–water partition coefficient (Wildman–Crippen LogP) is 1.83. The minimum atomic E-state index is -0.355. The lowest BCUT2D eigenvalue weighted by Gasteiger charge is -2.13. The van der Waals surface area contributed by atoms with Gasteiger partial charge in [0.1, 0.15) is 5.75 Å². The Morgan fingerprint density at radius 1 is 1.00 bits per heavy atom. The van der Waals surface area contributed by atoms with E-state index < -0.39 is 0 Å². The molecule has 0 fully saturated rings. The lowest BCUT2D eigenvalue weighted by molar-refractivity contribution is -0.118. The van der Waals surface area contributed by atoms with Crippen LogP contribution in [-0.2, 0) is 4.79 Å². The zero-order chi connectivity index (χ0) is 19.6. The number of carbonyl (C=O) groups excluding carboxylic acids is 2. The summed E-state index contributed by atoms with van der Waals surface area (Å²) in [6, 6.07) is 11.8. The number of amides is 2. The second-order valence-corrected chi connectivity index (χ2v) is 5.45. The van der Waals surface area contributed by atoms with E-state index in [-0.39, 0.29) is 30.8 Å². The van der Waals surface area contributed by atoms with Gasteiger partial charge in [-0.1, -0.05) is 12.1 Å². The zero-order valence-corrected chi connectivity index (χ0v) is 16.5. The summed E-state index contributed by atoms with van der Waals surface area (Å²) in [5.41, 5.74) is 6.33. The number of benzene rings is 2. The minimum absolute atomic E-state index is 0. The van der Waals surface area contributed by atoms with Gasteiger partial charge in [-0.15, -0.1) is 12.4 Å². The molecule has 0 heterocycles. The Morgan fingerprint density at radius 3 is 2.39 bits per heavy atom. The van der Waals surface area contributed by atoms with Crippen molar-refractivity contribution in [3.05, 3.63) is 48.0 Å². The normalized spacial score (nSPS) is 9.68. The van der Waals surface area contributed by atoms with Crippen LogP contribution in [0.3, 0.4) is 0 Å². The Labute approximate surface area is 169 Å². The molecule has 0 aromatic heterocycles. The summed E-state index contributed by atoms with van der Waals surface area (Å²) in [5, 5.41) is 5.39. The number of ether oxygens (including phenoxy) is 3. The molecule has 9 heteroatoms. The maximum absolute atomic E-state index is 12.1. The van der Waals surface area contributed by atoms with E-state index in [1.165, 1.54) is 14.2 Å². The first kappa shape index (κ1) is 23.1. The van der Waals surface area contributed by atoms with Gasteiger partial charge in [0.25, 0.3) is 11.8 Å². The average molecular weight is 410 g/mol. The van der Waals surface area contributed by atoms with E-state index in [1.54, 1.807) is 42.5 Å². The molecule has 2 aromatic carbocycles. The fourth-order valence-electron chi connectivity index (χ4n) is 2.29. The minimum Gasteiger partial charge on any atom is -0.495 e. The zero-order valence-electron chi connectivity index (χ0n) is 15.7. The quantitative estimate of drug-likeness (QED) is 0.582. The number of rotatable bonds is 9. The highest BCUT2D eigenvalue weighted by Crippen LogP contribution is 2.28. The second-order valence-electron chi connectivity index (χ2n) is 5.45. The van der Waals surface area contributed by atoms with E-state index in [0.717, 1.165) is 0 Å². The fraction of sp³-hybridized carbons (Fsp3) is 0.263. The largest absolute Gasteiger partial charge is 0.495 e. The SMILES string of the molecule is COc1ccccc1NC(=O)COc1ccc(C(=O)NCCN)cc1OC.Cl. The lowest BCUT2D eigenvalue weighted by Crippen LogP contribution is -2.29. The van der Waals surface area contributed by atoms with Gasteiger partial charge in [0.15, 0.2) is 18.1 Å². The number of nitrogens with one attached hydrogen (secondary N) is 2. The Bertz CT molecular complexity index is 801. The first-order chi connectivity index (χ1) is 13.1. The molecule has 2 amide bonds. The highest BCUT2D eigenvalue weighted by atomic mass is 35.5. The summed E-state index contributed by atoms with van der Waals surface area (Å²) in [6.45, 7) is 0.501. The smallest absolute Gasteiger partial charge is 0.262 e. The van der Waals surface area contributed by atoms with Crippen molar-refractivity contribution in [1.82, 2.24) is 5.32 Å². The van der Waals surface area contributed by atoms with Crippen molar-refractivity contribution >= 4 is 29.9 Å². The highest BCUT2D eigenvalue weighted by molar-refractivity contribution is 5.95. The average Bonchev–Trinajstić information content (AvgIpc) is 2.70. The molecule has 0 unspecified atom stereocenters. The molecule has 0 aliphatic heterocycles. The van der Waals surface area contributed by atoms with Crippen LogP contribution in [0.25, 0.3) is 0 Å². The van der Waals surface area contributed by atoms with Gasteiger partial charge < -0.3 is 30.6 Å². The first-order valence-electron chi connectivity index (χ1n) is 8.31.